The van der Waals surface area contributed by atoms with Gasteiger partial charge in [0.15, 0.2) is 5.78 Å². The molecular weight excluding hydrogens is 124 g/mol. The van der Waals surface area contributed by atoms with Crippen molar-refractivity contribution in [3.8, 4) is 0 Å². The molecule has 0 heterocycles. The predicted octanol–water partition coefficient (Wildman–Crippen LogP) is 2.32. The third-order valence-electron chi connectivity index (χ3n) is 2.18. The Labute approximate surface area is 62.1 Å². The summed E-state index contributed by atoms with van der Waals surface area (Å²) in [6.45, 7) is 6.05. The van der Waals surface area contributed by atoms with E-state index in [9.17, 15) is 4.79 Å². The Hall–Kier alpha value is -0.590. The lowest BCUT2D eigenvalue weighted by Crippen LogP contribution is -2.03. The maximum atomic E-state index is 11.3. The molecule has 1 rings (SSSR count). The average molecular weight is 138 g/mol. The van der Waals surface area contributed by atoms with E-state index in [0.717, 1.165) is 18.4 Å². The molecule has 0 aromatic rings. The minimum absolute atomic E-state index is 0.282. The highest BCUT2D eigenvalue weighted by Gasteiger charge is 2.25. The molecule has 56 valence electrons. The van der Waals surface area contributed by atoms with Crippen molar-refractivity contribution in [3.05, 3.63) is 11.1 Å². The van der Waals surface area contributed by atoms with E-state index in [1.165, 1.54) is 5.57 Å². The number of rotatable bonds is 0. The Morgan fingerprint density at radius 3 is 2.30 bits per heavy atom. The zero-order chi connectivity index (χ0) is 7.72. The van der Waals surface area contributed by atoms with Crippen LogP contribution in [-0.2, 0) is 4.79 Å². The number of ketones is 1. The Balaban J connectivity index is 2.86. The number of carbonyl (C=O) groups excluding carboxylic acids is 1. The first-order chi connectivity index (χ1) is 4.63. The minimum atomic E-state index is 0.282. The fourth-order valence-corrected chi connectivity index (χ4v) is 1.41. The fourth-order valence-electron chi connectivity index (χ4n) is 1.41. The molecule has 1 saturated carbocycles. The van der Waals surface area contributed by atoms with E-state index in [4.69, 9.17) is 0 Å². The monoisotopic (exact) mass is 138 g/mol. The summed E-state index contributed by atoms with van der Waals surface area (Å²) in [5, 5.41) is 0. The summed E-state index contributed by atoms with van der Waals surface area (Å²) < 4.78 is 0. The normalized spacial score (nSPS) is 25.7. The van der Waals surface area contributed by atoms with Crippen LogP contribution in [0, 0.1) is 5.92 Å². The van der Waals surface area contributed by atoms with Crippen molar-refractivity contribution in [3.63, 3.8) is 0 Å². The van der Waals surface area contributed by atoms with Crippen molar-refractivity contribution < 1.29 is 4.79 Å². The molecule has 0 bridgehead atoms. The van der Waals surface area contributed by atoms with Gasteiger partial charge in [-0.1, -0.05) is 12.5 Å². The van der Waals surface area contributed by atoms with Gasteiger partial charge in [0.25, 0.3) is 0 Å². The quantitative estimate of drug-likeness (QED) is 0.469. The van der Waals surface area contributed by atoms with Crippen LogP contribution in [0.3, 0.4) is 0 Å². The van der Waals surface area contributed by atoms with Gasteiger partial charge in [0.2, 0.25) is 0 Å². The molecular formula is C9H14O. The molecule has 0 aromatic heterocycles. The SMILES string of the molecule is CC(C)=C1CCC(C)C1=O. The Morgan fingerprint density at radius 2 is 2.10 bits per heavy atom. The lowest BCUT2D eigenvalue weighted by Gasteiger charge is -1.97. The van der Waals surface area contributed by atoms with Gasteiger partial charge in [0.05, 0.1) is 0 Å². The van der Waals surface area contributed by atoms with Crippen molar-refractivity contribution in [2.75, 3.05) is 0 Å². The van der Waals surface area contributed by atoms with E-state index < -0.39 is 0 Å². The molecule has 0 radical (unpaired) electrons. The molecule has 1 unspecified atom stereocenters. The Morgan fingerprint density at radius 1 is 1.50 bits per heavy atom. The van der Waals surface area contributed by atoms with Crippen LogP contribution in [0.5, 0.6) is 0 Å². The average Bonchev–Trinajstić information content (AvgIpc) is 2.14. The lowest BCUT2D eigenvalue weighted by atomic mass is 10.1. The van der Waals surface area contributed by atoms with Crippen LogP contribution >= 0.6 is 0 Å². The van der Waals surface area contributed by atoms with Crippen molar-refractivity contribution in [1.82, 2.24) is 0 Å². The number of Topliss-reactive ketones (excluding diaryl/α,β-unsaturated/α-hetero) is 1. The maximum Gasteiger partial charge on any atom is 0.161 e. The van der Waals surface area contributed by atoms with Crippen molar-refractivity contribution in [2.45, 2.75) is 33.6 Å². The summed E-state index contributed by atoms with van der Waals surface area (Å²) in [4.78, 5) is 11.3. The fraction of sp³-hybridized carbons (Fsp3) is 0.667. The zero-order valence-electron chi connectivity index (χ0n) is 6.90. The molecule has 1 nitrogen and oxygen atoms in total. The summed E-state index contributed by atoms with van der Waals surface area (Å²) in [6, 6.07) is 0. The van der Waals surface area contributed by atoms with Crippen LogP contribution in [-0.4, -0.2) is 5.78 Å². The number of hydrogen-bond acceptors (Lipinski definition) is 1. The smallest absolute Gasteiger partial charge is 0.161 e. The Kier molecular flexibility index (Phi) is 1.93. The highest BCUT2D eigenvalue weighted by Crippen LogP contribution is 2.28. The van der Waals surface area contributed by atoms with Crippen molar-refractivity contribution in [1.29, 1.82) is 0 Å². The van der Waals surface area contributed by atoms with Crippen LogP contribution in [0.25, 0.3) is 0 Å². The van der Waals surface area contributed by atoms with Gasteiger partial charge in [0, 0.05) is 5.92 Å². The zero-order valence-corrected chi connectivity index (χ0v) is 6.90. The third kappa shape index (κ3) is 1.13. The molecule has 0 aliphatic heterocycles. The summed E-state index contributed by atoms with van der Waals surface area (Å²) in [5.74, 6) is 0.657. The summed E-state index contributed by atoms with van der Waals surface area (Å²) in [5.41, 5.74) is 2.28. The first-order valence-corrected chi connectivity index (χ1v) is 3.83. The van der Waals surface area contributed by atoms with E-state index in [1.54, 1.807) is 0 Å². The molecule has 0 spiro atoms. The molecule has 0 amide bonds. The molecule has 1 heteroatoms. The maximum absolute atomic E-state index is 11.3. The molecule has 1 aliphatic rings. The lowest BCUT2D eigenvalue weighted by molar-refractivity contribution is -0.117. The second kappa shape index (κ2) is 2.57. The highest BCUT2D eigenvalue weighted by atomic mass is 16.1. The Bertz CT molecular complexity index is 185. The molecule has 10 heavy (non-hydrogen) atoms. The van der Waals surface area contributed by atoms with Crippen LogP contribution in [0.15, 0.2) is 11.1 Å². The predicted molar refractivity (Wildman–Crippen MR) is 41.8 cm³/mol. The van der Waals surface area contributed by atoms with Gasteiger partial charge < -0.3 is 0 Å². The van der Waals surface area contributed by atoms with Gasteiger partial charge in [0.1, 0.15) is 0 Å². The van der Waals surface area contributed by atoms with E-state index >= 15 is 0 Å². The number of carbonyl (C=O) groups is 1. The highest BCUT2D eigenvalue weighted by molar-refractivity contribution is 5.99. The van der Waals surface area contributed by atoms with Gasteiger partial charge in [-0.2, -0.15) is 0 Å². The molecule has 1 atom stereocenters. The van der Waals surface area contributed by atoms with Crippen LogP contribution < -0.4 is 0 Å². The van der Waals surface area contributed by atoms with Crippen LogP contribution in [0.2, 0.25) is 0 Å². The molecule has 0 N–H and O–H groups in total. The molecule has 0 aromatic carbocycles. The van der Waals surface area contributed by atoms with Crippen molar-refractivity contribution >= 4 is 5.78 Å². The van der Waals surface area contributed by atoms with Gasteiger partial charge in [-0.3, -0.25) is 4.79 Å². The second-order valence-electron chi connectivity index (χ2n) is 3.28. The number of allylic oxidation sites excluding steroid dienone is 2. The van der Waals surface area contributed by atoms with E-state index in [0.29, 0.717) is 5.78 Å². The van der Waals surface area contributed by atoms with E-state index in [-0.39, 0.29) is 5.92 Å². The summed E-state index contributed by atoms with van der Waals surface area (Å²) in [6.07, 6.45) is 2.06. The standard InChI is InChI=1S/C9H14O/c1-6(2)8-5-4-7(3)9(8)10/h7H,4-5H2,1-3H3. The number of hydrogen-bond donors (Lipinski definition) is 0. The topological polar surface area (TPSA) is 17.1 Å². The van der Waals surface area contributed by atoms with Crippen LogP contribution in [0.4, 0.5) is 0 Å². The largest absolute Gasteiger partial charge is 0.294 e. The molecule has 1 aliphatic carbocycles. The molecule has 1 fully saturated rings. The van der Waals surface area contributed by atoms with Crippen LogP contribution in [0.1, 0.15) is 33.6 Å². The summed E-state index contributed by atoms with van der Waals surface area (Å²) in [7, 11) is 0. The minimum Gasteiger partial charge on any atom is -0.294 e. The summed E-state index contributed by atoms with van der Waals surface area (Å²) >= 11 is 0. The first kappa shape index (κ1) is 7.52. The first-order valence-electron chi connectivity index (χ1n) is 3.83. The molecule has 0 saturated heterocycles. The van der Waals surface area contributed by atoms with Gasteiger partial charge in [-0.15, -0.1) is 0 Å². The van der Waals surface area contributed by atoms with Crippen molar-refractivity contribution in [2.24, 2.45) is 5.92 Å². The van der Waals surface area contributed by atoms with Gasteiger partial charge in [-0.05, 0) is 32.3 Å². The van der Waals surface area contributed by atoms with E-state index in [1.807, 2.05) is 20.8 Å². The second-order valence-corrected chi connectivity index (χ2v) is 3.28. The third-order valence-corrected chi connectivity index (χ3v) is 2.18. The van der Waals surface area contributed by atoms with E-state index in [2.05, 4.69) is 0 Å². The van der Waals surface area contributed by atoms with Gasteiger partial charge in [-0.25, -0.2) is 0 Å². The van der Waals surface area contributed by atoms with Gasteiger partial charge >= 0.3 is 0 Å².